The molecule has 1 N–H and O–H groups in total. The van der Waals surface area contributed by atoms with Gasteiger partial charge < -0.3 is 9.73 Å². The highest BCUT2D eigenvalue weighted by molar-refractivity contribution is 6.30. The smallest absolute Gasteiger partial charge is 0.266 e. The lowest BCUT2D eigenvalue weighted by atomic mass is 10.1. The Morgan fingerprint density at radius 3 is 2.69 bits per heavy atom. The van der Waals surface area contributed by atoms with Gasteiger partial charge in [-0.3, -0.25) is 9.59 Å². The quantitative estimate of drug-likeness (QED) is 0.691. The summed E-state index contributed by atoms with van der Waals surface area (Å²) in [5.74, 6) is 0.607. The first-order valence-electron chi connectivity index (χ1n) is 8.25. The summed E-state index contributed by atoms with van der Waals surface area (Å²) in [7, 11) is 0. The van der Waals surface area contributed by atoms with Crippen molar-refractivity contribution in [1.29, 1.82) is 0 Å². The topological polar surface area (TPSA) is 77.1 Å². The third kappa shape index (κ3) is 4.83. The van der Waals surface area contributed by atoms with Crippen LogP contribution in [-0.4, -0.2) is 15.7 Å². The second-order valence-electron chi connectivity index (χ2n) is 5.75. The molecule has 134 valence electrons. The number of hydrogen-bond donors (Lipinski definition) is 1. The van der Waals surface area contributed by atoms with Gasteiger partial charge in [0.15, 0.2) is 0 Å². The van der Waals surface area contributed by atoms with Crippen molar-refractivity contribution in [3.63, 3.8) is 0 Å². The van der Waals surface area contributed by atoms with Crippen LogP contribution in [0.5, 0.6) is 0 Å². The van der Waals surface area contributed by atoms with Crippen LogP contribution in [0.15, 0.2) is 64.0 Å². The zero-order valence-corrected chi connectivity index (χ0v) is 14.8. The Morgan fingerprint density at radius 1 is 1.15 bits per heavy atom. The normalized spacial score (nSPS) is 10.7. The van der Waals surface area contributed by atoms with Gasteiger partial charge in [-0.2, -0.15) is 5.10 Å². The van der Waals surface area contributed by atoms with Crippen molar-refractivity contribution in [2.75, 3.05) is 0 Å². The van der Waals surface area contributed by atoms with Crippen LogP contribution in [0, 0.1) is 0 Å². The van der Waals surface area contributed by atoms with E-state index >= 15 is 0 Å². The molecule has 6 nitrogen and oxygen atoms in total. The number of nitrogens with one attached hydrogen (secondary N) is 1. The molecule has 0 aliphatic carbocycles. The van der Waals surface area contributed by atoms with Crippen LogP contribution in [0.25, 0.3) is 11.3 Å². The van der Waals surface area contributed by atoms with Crippen LogP contribution >= 0.6 is 11.6 Å². The molecule has 26 heavy (non-hydrogen) atoms. The van der Waals surface area contributed by atoms with Crippen molar-refractivity contribution < 1.29 is 9.21 Å². The minimum atomic E-state index is -0.196. The highest BCUT2D eigenvalue weighted by Crippen LogP contribution is 2.18. The number of benzene rings is 1. The van der Waals surface area contributed by atoms with Crippen LogP contribution in [0.3, 0.4) is 0 Å². The molecule has 2 heterocycles. The molecular formula is C19H18ClN3O3. The zero-order chi connectivity index (χ0) is 18.4. The predicted octanol–water partition coefficient (Wildman–Crippen LogP) is 3.25. The molecule has 0 aliphatic rings. The molecule has 0 fully saturated rings. The second-order valence-corrected chi connectivity index (χ2v) is 6.18. The lowest BCUT2D eigenvalue weighted by Gasteiger charge is -2.08. The molecular weight excluding hydrogens is 354 g/mol. The fourth-order valence-corrected chi connectivity index (χ4v) is 2.59. The zero-order valence-electron chi connectivity index (χ0n) is 14.0. The number of nitrogens with zero attached hydrogens (tertiary/aromatic N) is 2. The average molecular weight is 372 g/mol. The Bertz CT molecular complexity index is 918. The Kier molecular flexibility index (Phi) is 5.86. The van der Waals surface area contributed by atoms with Crippen molar-refractivity contribution in [1.82, 2.24) is 15.1 Å². The molecule has 0 atom stereocenters. The summed E-state index contributed by atoms with van der Waals surface area (Å²) in [6, 6.07) is 14.0. The molecule has 2 aromatic heterocycles. The van der Waals surface area contributed by atoms with Crippen molar-refractivity contribution in [3.05, 3.63) is 75.9 Å². The molecule has 7 heteroatoms. The fraction of sp³-hybridized carbons (Fsp3) is 0.211. The monoisotopic (exact) mass is 371 g/mol. The second kappa shape index (κ2) is 8.49. The van der Waals surface area contributed by atoms with Crippen LogP contribution < -0.4 is 10.9 Å². The van der Waals surface area contributed by atoms with Gasteiger partial charge in [-0.25, -0.2) is 4.68 Å². The van der Waals surface area contributed by atoms with Gasteiger partial charge in [0.25, 0.3) is 5.56 Å². The number of furan rings is 1. The Hall–Kier alpha value is -2.86. The van der Waals surface area contributed by atoms with Gasteiger partial charge in [0.05, 0.1) is 18.5 Å². The number of halogens is 1. The lowest BCUT2D eigenvalue weighted by molar-refractivity contribution is -0.121. The third-order valence-corrected chi connectivity index (χ3v) is 4.07. The first-order valence-corrected chi connectivity index (χ1v) is 8.63. The van der Waals surface area contributed by atoms with Crippen molar-refractivity contribution in [2.45, 2.75) is 25.9 Å². The SMILES string of the molecule is O=C(CCCn1nc(-c2ccc(Cl)cc2)ccc1=O)NCc1ccco1. The maximum absolute atomic E-state index is 12.0. The lowest BCUT2D eigenvalue weighted by Crippen LogP contribution is -2.25. The van der Waals surface area contributed by atoms with E-state index in [2.05, 4.69) is 10.4 Å². The summed E-state index contributed by atoms with van der Waals surface area (Å²) >= 11 is 5.89. The molecule has 3 rings (SSSR count). The fourth-order valence-electron chi connectivity index (χ4n) is 2.46. The van der Waals surface area contributed by atoms with E-state index in [0.29, 0.717) is 42.4 Å². The highest BCUT2D eigenvalue weighted by atomic mass is 35.5. The van der Waals surface area contributed by atoms with E-state index in [1.165, 1.54) is 10.7 Å². The van der Waals surface area contributed by atoms with E-state index in [1.807, 2.05) is 12.1 Å². The third-order valence-electron chi connectivity index (χ3n) is 3.82. The van der Waals surface area contributed by atoms with Crippen molar-refractivity contribution in [3.8, 4) is 11.3 Å². The highest BCUT2D eigenvalue weighted by Gasteiger charge is 2.06. The van der Waals surface area contributed by atoms with Crippen LogP contribution in [0.2, 0.25) is 5.02 Å². The minimum absolute atomic E-state index is 0.0942. The van der Waals surface area contributed by atoms with Gasteiger partial charge in [-0.15, -0.1) is 0 Å². The number of hydrogen-bond acceptors (Lipinski definition) is 4. The minimum Gasteiger partial charge on any atom is -0.467 e. The van der Waals surface area contributed by atoms with Gasteiger partial charge in [0.1, 0.15) is 5.76 Å². The van der Waals surface area contributed by atoms with Gasteiger partial charge in [0, 0.05) is 29.6 Å². The van der Waals surface area contributed by atoms with Crippen LogP contribution in [-0.2, 0) is 17.9 Å². The first-order chi connectivity index (χ1) is 12.6. The van der Waals surface area contributed by atoms with Gasteiger partial charge in [-0.05, 0) is 36.8 Å². The van der Waals surface area contributed by atoms with E-state index in [4.69, 9.17) is 16.0 Å². The summed E-state index contributed by atoms with van der Waals surface area (Å²) in [6.07, 6.45) is 2.38. The molecule has 1 aromatic carbocycles. The molecule has 0 saturated carbocycles. The molecule has 0 spiro atoms. The molecule has 0 radical (unpaired) electrons. The van der Waals surface area contributed by atoms with Crippen molar-refractivity contribution >= 4 is 17.5 Å². The number of carbonyl (C=O) groups excluding carboxylic acids is 1. The van der Waals surface area contributed by atoms with E-state index in [-0.39, 0.29) is 11.5 Å². The Morgan fingerprint density at radius 2 is 1.96 bits per heavy atom. The molecule has 0 bridgehead atoms. The van der Waals surface area contributed by atoms with Gasteiger partial charge >= 0.3 is 0 Å². The molecule has 0 saturated heterocycles. The maximum Gasteiger partial charge on any atom is 0.266 e. The molecule has 3 aromatic rings. The Labute approximate surface area is 155 Å². The van der Waals surface area contributed by atoms with Gasteiger partial charge in [0.2, 0.25) is 5.91 Å². The molecule has 0 aliphatic heterocycles. The summed E-state index contributed by atoms with van der Waals surface area (Å²) in [5.41, 5.74) is 1.36. The number of aromatic nitrogens is 2. The van der Waals surface area contributed by atoms with E-state index in [1.54, 1.807) is 36.6 Å². The van der Waals surface area contributed by atoms with E-state index in [9.17, 15) is 9.59 Å². The largest absolute Gasteiger partial charge is 0.467 e. The number of rotatable bonds is 7. The number of aryl methyl sites for hydroxylation is 1. The van der Waals surface area contributed by atoms with Crippen molar-refractivity contribution in [2.24, 2.45) is 0 Å². The van der Waals surface area contributed by atoms with Gasteiger partial charge in [-0.1, -0.05) is 23.7 Å². The van der Waals surface area contributed by atoms with Crippen LogP contribution in [0.4, 0.5) is 0 Å². The number of carbonyl (C=O) groups is 1. The summed E-state index contributed by atoms with van der Waals surface area (Å²) in [4.78, 5) is 23.8. The standard InChI is InChI=1S/C19H18ClN3O3/c20-15-7-5-14(6-8-15)17-9-10-19(25)23(22-17)11-1-4-18(24)21-13-16-3-2-12-26-16/h2-3,5-10,12H,1,4,11,13H2,(H,21,24). The molecule has 0 unspecified atom stereocenters. The first kappa shape index (κ1) is 17.9. The predicted molar refractivity (Wildman–Crippen MR) is 98.7 cm³/mol. The molecule has 1 amide bonds. The summed E-state index contributed by atoms with van der Waals surface area (Å²) in [6.45, 7) is 0.727. The Balaban J connectivity index is 1.55. The van der Waals surface area contributed by atoms with Crippen LogP contribution in [0.1, 0.15) is 18.6 Å². The average Bonchev–Trinajstić information content (AvgIpc) is 3.16. The van der Waals surface area contributed by atoms with E-state index < -0.39 is 0 Å². The number of amides is 1. The summed E-state index contributed by atoms with van der Waals surface area (Å²) < 4.78 is 6.54. The maximum atomic E-state index is 12.0. The summed E-state index contributed by atoms with van der Waals surface area (Å²) in [5, 5.41) is 7.79. The van der Waals surface area contributed by atoms with E-state index in [0.717, 1.165) is 5.56 Å².